The fourth-order valence-corrected chi connectivity index (χ4v) is 3.23. The average molecular weight is 358 g/mol. The molecule has 27 heavy (non-hydrogen) atoms. The Morgan fingerprint density at radius 2 is 1.74 bits per heavy atom. The molecule has 0 aromatic heterocycles. The summed E-state index contributed by atoms with van der Waals surface area (Å²) in [6, 6.07) is 21.9. The first-order valence-electron chi connectivity index (χ1n) is 9.27. The van der Waals surface area contributed by atoms with Crippen molar-refractivity contribution >= 4 is 5.78 Å². The van der Waals surface area contributed by atoms with Gasteiger partial charge in [0.2, 0.25) is 0 Å². The van der Waals surface area contributed by atoms with E-state index in [1.54, 1.807) is 19.1 Å². The van der Waals surface area contributed by atoms with Crippen molar-refractivity contribution in [2.45, 2.75) is 26.4 Å². The summed E-state index contributed by atoms with van der Waals surface area (Å²) in [5.74, 6) is 0.771. The lowest BCUT2D eigenvalue weighted by Crippen LogP contribution is -2.04. The van der Waals surface area contributed by atoms with E-state index < -0.39 is 0 Å². The predicted octanol–water partition coefficient (Wildman–Crippen LogP) is 5.54. The van der Waals surface area contributed by atoms with E-state index in [0.29, 0.717) is 23.5 Å². The summed E-state index contributed by atoms with van der Waals surface area (Å²) in [5, 5.41) is 10.4. The Balaban J connectivity index is 1.50. The number of hydrogen-bond donors (Lipinski definition) is 1. The van der Waals surface area contributed by atoms with E-state index in [2.05, 4.69) is 24.3 Å². The smallest absolute Gasteiger partial charge is 0.169 e. The lowest BCUT2D eigenvalue weighted by Gasteiger charge is -2.13. The number of aromatic hydroxyl groups is 1. The van der Waals surface area contributed by atoms with Crippen molar-refractivity contribution in [1.29, 1.82) is 0 Å². The highest BCUT2D eigenvalue weighted by Gasteiger charge is 2.32. The SMILES string of the molecule is Cc1c(OCc2cccc(-c3ccccc3)c2)ccc(C(=O)C2CC2)c1O. The lowest BCUT2D eigenvalue weighted by molar-refractivity contribution is 0.0965. The van der Waals surface area contributed by atoms with Crippen molar-refractivity contribution in [3.63, 3.8) is 0 Å². The van der Waals surface area contributed by atoms with E-state index in [1.165, 1.54) is 0 Å². The van der Waals surface area contributed by atoms with Gasteiger partial charge in [-0.15, -0.1) is 0 Å². The molecule has 0 unspecified atom stereocenters. The van der Waals surface area contributed by atoms with E-state index in [9.17, 15) is 9.90 Å². The number of carbonyl (C=O) groups excluding carboxylic acids is 1. The summed E-state index contributed by atoms with van der Waals surface area (Å²) < 4.78 is 5.93. The Morgan fingerprint density at radius 1 is 1.00 bits per heavy atom. The van der Waals surface area contributed by atoms with Crippen molar-refractivity contribution in [3.8, 4) is 22.6 Å². The minimum Gasteiger partial charge on any atom is -0.507 e. The lowest BCUT2D eigenvalue weighted by atomic mass is 10.0. The summed E-state index contributed by atoms with van der Waals surface area (Å²) in [6.45, 7) is 2.19. The number of benzene rings is 3. The predicted molar refractivity (Wildman–Crippen MR) is 106 cm³/mol. The minimum atomic E-state index is 0.0395. The average Bonchev–Trinajstić information content (AvgIpc) is 3.55. The Bertz CT molecular complexity index is 972. The number of Topliss-reactive ketones (excluding diaryl/α,β-unsaturated/α-hetero) is 1. The molecular formula is C24H22O3. The van der Waals surface area contributed by atoms with Gasteiger partial charge in [0.25, 0.3) is 0 Å². The molecule has 1 fully saturated rings. The molecule has 3 heteroatoms. The fourth-order valence-electron chi connectivity index (χ4n) is 3.23. The summed E-state index contributed by atoms with van der Waals surface area (Å²) in [7, 11) is 0. The molecule has 0 bridgehead atoms. The van der Waals surface area contributed by atoms with E-state index in [1.807, 2.05) is 30.3 Å². The van der Waals surface area contributed by atoms with Crippen LogP contribution in [0.1, 0.15) is 34.3 Å². The zero-order valence-electron chi connectivity index (χ0n) is 15.3. The van der Waals surface area contributed by atoms with Gasteiger partial charge in [0.05, 0.1) is 5.56 Å². The Labute approximate surface area is 159 Å². The van der Waals surface area contributed by atoms with Crippen LogP contribution in [-0.2, 0) is 6.61 Å². The van der Waals surface area contributed by atoms with Crippen LogP contribution in [0.25, 0.3) is 11.1 Å². The number of carbonyl (C=O) groups is 1. The number of phenols is 1. The van der Waals surface area contributed by atoms with Gasteiger partial charge in [-0.1, -0.05) is 48.5 Å². The maximum absolute atomic E-state index is 12.2. The summed E-state index contributed by atoms with van der Waals surface area (Å²) >= 11 is 0. The van der Waals surface area contributed by atoms with E-state index in [-0.39, 0.29) is 17.5 Å². The monoisotopic (exact) mass is 358 g/mol. The molecule has 0 saturated heterocycles. The molecule has 1 aliphatic carbocycles. The molecule has 0 atom stereocenters. The molecule has 0 heterocycles. The zero-order valence-corrected chi connectivity index (χ0v) is 15.3. The summed E-state index contributed by atoms with van der Waals surface area (Å²) in [5.41, 5.74) is 4.38. The number of hydrogen-bond acceptors (Lipinski definition) is 3. The first-order chi connectivity index (χ1) is 13.1. The molecule has 0 aliphatic heterocycles. The second kappa shape index (κ2) is 7.28. The molecule has 3 aromatic rings. The molecular weight excluding hydrogens is 336 g/mol. The molecule has 4 rings (SSSR count). The van der Waals surface area contributed by atoms with Gasteiger partial charge in [-0.3, -0.25) is 4.79 Å². The van der Waals surface area contributed by atoms with E-state index in [4.69, 9.17) is 4.74 Å². The maximum Gasteiger partial charge on any atom is 0.169 e. The third kappa shape index (κ3) is 3.72. The van der Waals surface area contributed by atoms with Crippen LogP contribution < -0.4 is 4.74 Å². The summed E-state index contributed by atoms with van der Waals surface area (Å²) in [6.07, 6.45) is 1.85. The third-order valence-corrected chi connectivity index (χ3v) is 5.02. The molecule has 1 saturated carbocycles. The summed E-state index contributed by atoms with van der Waals surface area (Å²) in [4.78, 5) is 12.2. The highest BCUT2D eigenvalue weighted by Crippen LogP contribution is 2.38. The van der Waals surface area contributed by atoms with Crippen LogP contribution >= 0.6 is 0 Å². The van der Waals surface area contributed by atoms with Crippen molar-refractivity contribution in [1.82, 2.24) is 0 Å². The first kappa shape index (κ1) is 17.3. The highest BCUT2D eigenvalue weighted by atomic mass is 16.5. The van der Waals surface area contributed by atoms with Crippen LogP contribution in [0, 0.1) is 12.8 Å². The van der Waals surface area contributed by atoms with Gasteiger partial charge >= 0.3 is 0 Å². The van der Waals surface area contributed by atoms with Gasteiger partial charge < -0.3 is 9.84 Å². The fraction of sp³-hybridized carbons (Fsp3) is 0.208. The quantitative estimate of drug-likeness (QED) is 0.589. The number of rotatable bonds is 6. The molecule has 3 nitrogen and oxygen atoms in total. The zero-order chi connectivity index (χ0) is 18.8. The Morgan fingerprint density at radius 3 is 2.48 bits per heavy atom. The van der Waals surface area contributed by atoms with Crippen molar-refractivity contribution < 1.29 is 14.6 Å². The van der Waals surface area contributed by atoms with Crippen LogP contribution in [0.5, 0.6) is 11.5 Å². The van der Waals surface area contributed by atoms with Gasteiger partial charge in [0.1, 0.15) is 18.1 Å². The molecule has 0 amide bonds. The van der Waals surface area contributed by atoms with Gasteiger partial charge in [-0.2, -0.15) is 0 Å². The molecule has 0 spiro atoms. The minimum absolute atomic E-state index is 0.0395. The van der Waals surface area contributed by atoms with Crippen LogP contribution in [0.3, 0.4) is 0 Å². The van der Waals surface area contributed by atoms with Crippen LogP contribution in [0.2, 0.25) is 0 Å². The molecule has 136 valence electrons. The van der Waals surface area contributed by atoms with Crippen molar-refractivity contribution in [3.05, 3.63) is 83.4 Å². The molecule has 0 radical (unpaired) electrons. The van der Waals surface area contributed by atoms with Gasteiger partial charge in [-0.05, 0) is 54.7 Å². The second-order valence-electron chi connectivity index (χ2n) is 7.08. The maximum atomic E-state index is 12.2. The van der Waals surface area contributed by atoms with E-state index in [0.717, 1.165) is 29.5 Å². The first-order valence-corrected chi connectivity index (χ1v) is 9.27. The van der Waals surface area contributed by atoms with Crippen molar-refractivity contribution in [2.24, 2.45) is 5.92 Å². The van der Waals surface area contributed by atoms with Crippen molar-refractivity contribution in [2.75, 3.05) is 0 Å². The largest absolute Gasteiger partial charge is 0.507 e. The standard InChI is InChI=1S/C24H22O3/c1-16-22(13-12-21(23(16)25)24(26)19-10-11-19)27-15-17-6-5-9-20(14-17)18-7-3-2-4-8-18/h2-9,12-14,19,25H,10-11,15H2,1H3. The normalized spacial score (nSPS) is 13.4. The third-order valence-electron chi connectivity index (χ3n) is 5.02. The number of phenolic OH excluding ortho intramolecular Hbond substituents is 1. The van der Waals surface area contributed by atoms with Crippen LogP contribution in [0.15, 0.2) is 66.7 Å². The van der Waals surface area contributed by atoms with Crippen LogP contribution in [-0.4, -0.2) is 10.9 Å². The van der Waals surface area contributed by atoms with E-state index >= 15 is 0 Å². The second-order valence-corrected chi connectivity index (χ2v) is 7.08. The Hall–Kier alpha value is -3.07. The highest BCUT2D eigenvalue weighted by molar-refractivity contribution is 6.02. The van der Waals surface area contributed by atoms with Gasteiger partial charge in [0.15, 0.2) is 5.78 Å². The van der Waals surface area contributed by atoms with Gasteiger partial charge in [-0.25, -0.2) is 0 Å². The Kier molecular flexibility index (Phi) is 4.68. The van der Waals surface area contributed by atoms with Crippen LogP contribution in [0.4, 0.5) is 0 Å². The number of ether oxygens (including phenoxy) is 1. The molecule has 1 aliphatic rings. The topological polar surface area (TPSA) is 46.5 Å². The molecule has 3 aromatic carbocycles. The van der Waals surface area contributed by atoms with Gasteiger partial charge in [0, 0.05) is 11.5 Å². The molecule has 1 N–H and O–H groups in total. The number of ketones is 1.